The molecule has 0 aromatic carbocycles. The fourth-order valence-corrected chi connectivity index (χ4v) is 5.91. The highest BCUT2D eigenvalue weighted by Gasteiger charge is 2.41. The summed E-state index contributed by atoms with van der Waals surface area (Å²) in [6.07, 6.45) is 3.66. The molecule has 3 heterocycles. The number of nitrogens with zero attached hydrogens (tertiary/aromatic N) is 4. The van der Waals surface area contributed by atoms with Crippen molar-refractivity contribution in [2.75, 3.05) is 6.61 Å². The Kier molecular flexibility index (Phi) is 6.62. The third-order valence-electron chi connectivity index (χ3n) is 4.41. The van der Waals surface area contributed by atoms with Gasteiger partial charge in [-0.1, -0.05) is 0 Å². The number of rotatable bonds is 8. The molecule has 0 radical (unpaired) electrons. The molecule has 0 unspecified atom stereocenters. The van der Waals surface area contributed by atoms with Crippen molar-refractivity contribution in [1.82, 2.24) is 19.5 Å². The second-order valence-electron chi connectivity index (χ2n) is 10.8. The van der Waals surface area contributed by atoms with E-state index in [0.717, 1.165) is 11.9 Å². The third kappa shape index (κ3) is 6.20. The van der Waals surface area contributed by atoms with Crippen LogP contribution in [0.2, 0.25) is 58.9 Å². The molecule has 0 aliphatic carbocycles. The normalized spacial score (nSPS) is 23.3. The third-order valence-corrected chi connectivity index (χ3v) is 7.26. The summed E-state index contributed by atoms with van der Waals surface area (Å²) in [7, 11) is -5.25. The highest BCUT2D eigenvalue weighted by atomic mass is 28.4. The largest absolute Gasteiger partial charge is 0.530 e. The fraction of sp³-hybridized carbons (Fsp3) is 0.737. The van der Waals surface area contributed by atoms with Gasteiger partial charge in [-0.15, -0.1) is 0 Å². The first-order chi connectivity index (χ1) is 13.7. The van der Waals surface area contributed by atoms with Crippen LogP contribution in [0.3, 0.4) is 0 Å². The Morgan fingerprint density at radius 2 is 1.67 bits per heavy atom. The van der Waals surface area contributed by atoms with Gasteiger partial charge in [-0.3, -0.25) is 4.57 Å². The molecular formula is C19H36N4O4Si3. The van der Waals surface area contributed by atoms with Crippen LogP contribution in [0.1, 0.15) is 12.6 Å². The molecule has 1 aliphatic rings. The van der Waals surface area contributed by atoms with Gasteiger partial charge in [0.2, 0.25) is 14.2 Å². The van der Waals surface area contributed by atoms with Crippen molar-refractivity contribution in [3.8, 4) is 5.88 Å². The number of fused-ring (bicyclic) bond motifs is 1. The Morgan fingerprint density at radius 3 is 2.27 bits per heavy atom. The van der Waals surface area contributed by atoms with E-state index in [0.29, 0.717) is 18.1 Å². The van der Waals surface area contributed by atoms with Gasteiger partial charge in [-0.05, 0) is 58.9 Å². The standard InChI is InChI=1S/C19H36N4O4Si3/c1-28(2,3)24-11-15-14(26-29(4,5)6)10-16(25-15)23-13-22-18-17(23)19(21-12-20-18)27-30(7,8)9/h12-16H,10-11H2,1-9H3/t14-,15+,16+/m0/s1. The lowest BCUT2D eigenvalue weighted by Gasteiger charge is -2.28. The van der Waals surface area contributed by atoms with E-state index in [1.54, 1.807) is 6.33 Å². The Hall–Kier alpha value is -1.12. The fourth-order valence-electron chi connectivity index (χ4n) is 3.36. The maximum atomic E-state index is 6.49. The van der Waals surface area contributed by atoms with Gasteiger partial charge >= 0.3 is 0 Å². The minimum Gasteiger partial charge on any atom is -0.530 e. The number of hydrogen-bond donors (Lipinski definition) is 0. The zero-order chi connectivity index (χ0) is 22.3. The highest BCUT2D eigenvalue weighted by Crippen LogP contribution is 2.36. The molecule has 3 rings (SSSR count). The maximum absolute atomic E-state index is 6.49. The van der Waals surface area contributed by atoms with Crippen molar-refractivity contribution in [3.05, 3.63) is 12.7 Å². The quantitative estimate of drug-likeness (QED) is 0.531. The van der Waals surface area contributed by atoms with Crippen molar-refractivity contribution in [1.29, 1.82) is 0 Å². The molecule has 0 bridgehead atoms. The van der Waals surface area contributed by atoms with Crippen LogP contribution >= 0.6 is 0 Å². The van der Waals surface area contributed by atoms with Crippen molar-refractivity contribution in [3.63, 3.8) is 0 Å². The summed E-state index contributed by atoms with van der Waals surface area (Å²) in [5.41, 5.74) is 1.40. The highest BCUT2D eigenvalue weighted by molar-refractivity contribution is 6.70. The summed E-state index contributed by atoms with van der Waals surface area (Å²) in [5, 5.41) is 0. The van der Waals surface area contributed by atoms with Crippen LogP contribution in [0.15, 0.2) is 12.7 Å². The van der Waals surface area contributed by atoms with Gasteiger partial charge in [0.05, 0.1) is 19.0 Å². The zero-order valence-electron chi connectivity index (χ0n) is 19.7. The second kappa shape index (κ2) is 8.43. The molecule has 0 N–H and O–H groups in total. The van der Waals surface area contributed by atoms with E-state index in [1.807, 2.05) is 4.57 Å². The average Bonchev–Trinajstić information content (AvgIpc) is 3.14. The molecule has 1 fully saturated rings. The molecule has 3 atom stereocenters. The molecule has 2 aromatic heterocycles. The summed E-state index contributed by atoms with van der Waals surface area (Å²) >= 11 is 0. The molecular weight excluding hydrogens is 432 g/mol. The smallest absolute Gasteiger partial charge is 0.244 e. The summed E-state index contributed by atoms with van der Waals surface area (Å²) in [4.78, 5) is 13.2. The number of hydrogen-bond acceptors (Lipinski definition) is 7. The minimum absolute atomic E-state index is 0.0125. The van der Waals surface area contributed by atoms with Crippen molar-refractivity contribution < 1.29 is 18.0 Å². The first-order valence-electron chi connectivity index (χ1n) is 10.6. The van der Waals surface area contributed by atoms with E-state index in [4.69, 9.17) is 18.0 Å². The van der Waals surface area contributed by atoms with Gasteiger partial charge in [0.25, 0.3) is 0 Å². The Morgan fingerprint density at radius 1 is 0.967 bits per heavy atom. The van der Waals surface area contributed by atoms with Crippen LogP contribution in [0.25, 0.3) is 11.2 Å². The van der Waals surface area contributed by atoms with Crippen molar-refractivity contribution in [2.45, 2.75) is 83.8 Å². The molecule has 11 heteroatoms. The number of imidazole rings is 1. The molecule has 0 spiro atoms. The number of ether oxygens (including phenoxy) is 1. The van der Waals surface area contributed by atoms with Crippen LogP contribution in [-0.4, -0.2) is 63.3 Å². The van der Waals surface area contributed by atoms with E-state index >= 15 is 0 Å². The van der Waals surface area contributed by atoms with Gasteiger partial charge in [-0.25, -0.2) is 15.0 Å². The lowest BCUT2D eigenvalue weighted by Crippen LogP contribution is -2.40. The zero-order valence-corrected chi connectivity index (χ0v) is 22.7. The molecule has 168 valence electrons. The predicted octanol–water partition coefficient (Wildman–Crippen LogP) is 4.40. The Balaban J connectivity index is 1.90. The lowest BCUT2D eigenvalue weighted by molar-refractivity contribution is -0.0366. The molecule has 1 aliphatic heterocycles. The monoisotopic (exact) mass is 468 g/mol. The van der Waals surface area contributed by atoms with Gasteiger partial charge < -0.3 is 18.0 Å². The van der Waals surface area contributed by atoms with Crippen LogP contribution in [-0.2, 0) is 13.6 Å². The Bertz CT molecular complexity index is 873. The van der Waals surface area contributed by atoms with Crippen LogP contribution in [0, 0.1) is 0 Å². The summed E-state index contributed by atoms with van der Waals surface area (Å²) < 4.78 is 27.4. The predicted molar refractivity (Wildman–Crippen MR) is 125 cm³/mol. The van der Waals surface area contributed by atoms with Crippen LogP contribution in [0.4, 0.5) is 0 Å². The maximum Gasteiger partial charge on any atom is 0.244 e. The summed E-state index contributed by atoms with van der Waals surface area (Å²) in [6.45, 7) is 20.1. The van der Waals surface area contributed by atoms with Gasteiger partial charge in [0, 0.05) is 6.42 Å². The lowest BCUT2D eigenvalue weighted by atomic mass is 10.2. The molecule has 1 saturated heterocycles. The average molecular weight is 469 g/mol. The van der Waals surface area contributed by atoms with Gasteiger partial charge in [0.1, 0.15) is 18.7 Å². The van der Waals surface area contributed by atoms with E-state index in [1.165, 1.54) is 6.33 Å². The topological polar surface area (TPSA) is 80.5 Å². The molecule has 2 aromatic rings. The van der Waals surface area contributed by atoms with E-state index in [2.05, 4.69) is 73.9 Å². The first-order valence-corrected chi connectivity index (χ1v) is 20.8. The second-order valence-corrected chi connectivity index (χ2v) is 24.2. The van der Waals surface area contributed by atoms with Gasteiger partial charge in [0.15, 0.2) is 27.8 Å². The Labute approximate surface area is 182 Å². The van der Waals surface area contributed by atoms with Crippen LogP contribution < -0.4 is 4.43 Å². The minimum atomic E-state index is -1.85. The van der Waals surface area contributed by atoms with Crippen molar-refractivity contribution >= 4 is 36.1 Å². The van der Waals surface area contributed by atoms with E-state index in [-0.39, 0.29) is 18.4 Å². The first kappa shape index (κ1) is 23.5. The number of aromatic nitrogens is 4. The van der Waals surface area contributed by atoms with E-state index < -0.39 is 25.0 Å². The summed E-state index contributed by atoms with van der Waals surface area (Å²) in [6, 6.07) is 0. The van der Waals surface area contributed by atoms with Crippen LogP contribution in [0.5, 0.6) is 5.88 Å². The summed E-state index contributed by atoms with van der Waals surface area (Å²) in [5.74, 6) is 0.574. The molecule has 8 nitrogen and oxygen atoms in total. The molecule has 30 heavy (non-hydrogen) atoms. The van der Waals surface area contributed by atoms with Gasteiger partial charge in [-0.2, -0.15) is 0 Å². The molecule has 0 saturated carbocycles. The van der Waals surface area contributed by atoms with Crippen molar-refractivity contribution in [2.24, 2.45) is 0 Å². The SMILES string of the molecule is C[Si](C)(C)OC[C@H]1O[C@@H](n2cnc3ncnc(O[Si](C)(C)C)c32)C[C@@H]1O[Si](C)(C)C. The molecule has 0 amide bonds. The van der Waals surface area contributed by atoms with E-state index in [9.17, 15) is 0 Å².